The molecule has 7 nitrogen and oxygen atoms in total. The molecule has 8 heteroatoms. The van der Waals surface area contributed by atoms with Gasteiger partial charge in [0.05, 0.1) is 28.3 Å². The van der Waals surface area contributed by atoms with Gasteiger partial charge in [-0.2, -0.15) is 0 Å². The number of halogens is 1. The number of carbonyl (C=O) groups excluding carboxylic acids is 4. The summed E-state index contributed by atoms with van der Waals surface area (Å²) >= 11 is 6.15. The van der Waals surface area contributed by atoms with Gasteiger partial charge in [0.25, 0.3) is 17.7 Å². The largest absolute Gasteiger partial charge is 0.456 e. The van der Waals surface area contributed by atoms with Gasteiger partial charge in [0, 0.05) is 6.54 Å². The van der Waals surface area contributed by atoms with Crippen LogP contribution in [0.3, 0.4) is 0 Å². The number of fused-ring (bicyclic) bond motifs is 1. The van der Waals surface area contributed by atoms with E-state index in [4.69, 9.17) is 16.3 Å². The Hall–Kier alpha value is -3.19. The number of anilines is 1. The Kier molecular flexibility index (Phi) is 6.22. The van der Waals surface area contributed by atoms with Gasteiger partial charge in [-0.15, -0.1) is 0 Å². The van der Waals surface area contributed by atoms with Crippen LogP contribution in [0.5, 0.6) is 0 Å². The minimum absolute atomic E-state index is 0.116. The number of carbonyl (C=O) groups is 4. The van der Waals surface area contributed by atoms with Crippen LogP contribution >= 0.6 is 11.6 Å². The topological polar surface area (TPSA) is 92.8 Å². The van der Waals surface area contributed by atoms with Crippen LogP contribution in [0.1, 0.15) is 43.8 Å². The first-order chi connectivity index (χ1) is 14.2. The lowest BCUT2D eigenvalue weighted by atomic mass is 10.1. The SMILES string of the molecule is Cc1cc(C)c(NC(=O)COC(=O)CCN2C(=O)c3ccc(C)cc3C2=O)c(Cl)c1. The van der Waals surface area contributed by atoms with E-state index < -0.39 is 30.3 Å². The maximum Gasteiger partial charge on any atom is 0.308 e. The number of esters is 1. The average Bonchev–Trinajstić information content (AvgIpc) is 2.91. The zero-order valence-corrected chi connectivity index (χ0v) is 17.6. The Morgan fingerprint density at radius 1 is 1.00 bits per heavy atom. The van der Waals surface area contributed by atoms with Crippen molar-refractivity contribution in [3.05, 3.63) is 63.2 Å². The van der Waals surface area contributed by atoms with Crippen LogP contribution < -0.4 is 5.32 Å². The molecule has 156 valence electrons. The lowest BCUT2D eigenvalue weighted by Gasteiger charge is -2.14. The highest BCUT2D eigenvalue weighted by molar-refractivity contribution is 6.34. The van der Waals surface area contributed by atoms with Gasteiger partial charge in [-0.25, -0.2) is 0 Å². The first-order valence-corrected chi connectivity index (χ1v) is 9.74. The highest BCUT2D eigenvalue weighted by atomic mass is 35.5. The fourth-order valence-corrected chi connectivity index (χ4v) is 3.65. The number of hydrogen-bond donors (Lipinski definition) is 1. The summed E-state index contributed by atoms with van der Waals surface area (Å²) in [6.07, 6.45) is -0.206. The Morgan fingerprint density at radius 3 is 2.40 bits per heavy atom. The van der Waals surface area contributed by atoms with E-state index in [-0.39, 0.29) is 13.0 Å². The fourth-order valence-electron chi connectivity index (χ4n) is 3.28. The van der Waals surface area contributed by atoms with Crippen LogP contribution in [0.15, 0.2) is 30.3 Å². The molecule has 0 aromatic heterocycles. The number of rotatable bonds is 6. The van der Waals surface area contributed by atoms with Gasteiger partial charge in [-0.3, -0.25) is 24.1 Å². The number of aryl methyl sites for hydroxylation is 3. The molecule has 0 spiro atoms. The van der Waals surface area contributed by atoms with Crippen molar-refractivity contribution in [2.75, 3.05) is 18.5 Å². The van der Waals surface area contributed by atoms with Crippen molar-refractivity contribution < 1.29 is 23.9 Å². The number of nitrogens with one attached hydrogen (secondary N) is 1. The molecule has 1 N–H and O–H groups in total. The smallest absolute Gasteiger partial charge is 0.308 e. The molecule has 0 saturated carbocycles. The number of ether oxygens (including phenoxy) is 1. The minimum atomic E-state index is -0.690. The number of imide groups is 1. The van der Waals surface area contributed by atoms with Gasteiger partial charge >= 0.3 is 5.97 Å². The van der Waals surface area contributed by atoms with Gasteiger partial charge in [0.1, 0.15) is 0 Å². The normalized spacial score (nSPS) is 12.7. The first kappa shape index (κ1) is 21.5. The molecule has 2 aromatic carbocycles. The molecule has 0 unspecified atom stereocenters. The summed E-state index contributed by atoms with van der Waals surface area (Å²) in [6.45, 7) is 4.92. The number of hydrogen-bond acceptors (Lipinski definition) is 5. The van der Waals surface area contributed by atoms with Gasteiger partial charge in [-0.05, 0) is 50.1 Å². The van der Waals surface area contributed by atoms with E-state index in [9.17, 15) is 19.2 Å². The van der Waals surface area contributed by atoms with Crippen LogP contribution in [0, 0.1) is 20.8 Å². The lowest BCUT2D eigenvalue weighted by molar-refractivity contribution is -0.147. The van der Waals surface area contributed by atoms with Gasteiger partial charge in [0.2, 0.25) is 0 Å². The van der Waals surface area contributed by atoms with Crippen molar-refractivity contribution in [1.82, 2.24) is 4.90 Å². The summed E-state index contributed by atoms with van der Waals surface area (Å²) in [5, 5.41) is 3.02. The van der Waals surface area contributed by atoms with Crippen LogP contribution in [0.2, 0.25) is 5.02 Å². The molecule has 0 atom stereocenters. The number of benzene rings is 2. The highest BCUT2D eigenvalue weighted by Gasteiger charge is 2.35. The third-order valence-corrected chi connectivity index (χ3v) is 5.02. The zero-order valence-electron chi connectivity index (χ0n) is 16.9. The van der Waals surface area contributed by atoms with Gasteiger partial charge in [-0.1, -0.05) is 29.3 Å². The Morgan fingerprint density at radius 2 is 1.70 bits per heavy atom. The van der Waals surface area contributed by atoms with Crippen LogP contribution in [0.4, 0.5) is 5.69 Å². The van der Waals surface area contributed by atoms with Gasteiger partial charge < -0.3 is 10.1 Å². The maximum absolute atomic E-state index is 12.4. The van der Waals surface area contributed by atoms with E-state index >= 15 is 0 Å². The summed E-state index contributed by atoms with van der Waals surface area (Å²) in [6, 6.07) is 8.60. The van der Waals surface area contributed by atoms with Crippen molar-refractivity contribution in [2.24, 2.45) is 0 Å². The molecule has 1 heterocycles. The molecule has 1 aliphatic rings. The van der Waals surface area contributed by atoms with Crippen LogP contribution in [-0.2, 0) is 14.3 Å². The molecule has 0 saturated heterocycles. The third kappa shape index (κ3) is 4.52. The molecular formula is C22H21ClN2O5. The third-order valence-electron chi connectivity index (χ3n) is 4.73. The summed E-state index contributed by atoms with van der Waals surface area (Å²) in [4.78, 5) is 49.9. The van der Waals surface area contributed by atoms with E-state index in [1.165, 1.54) is 0 Å². The predicted octanol–water partition coefficient (Wildman–Crippen LogP) is 3.43. The molecule has 30 heavy (non-hydrogen) atoms. The van der Waals surface area contributed by atoms with E-state index in [0.717, 1.165) is 21.6 Å². The minimum Gasteiger partial charge on any atom is -0.456 e. The van der Waals surface area contributed by atoms with E-state index in [2.05, 4.69) is 5.32 Å². The van der Waals surface area contributed by atoms with Crippen LogP contribution in [0.25, 0.3) is 0 Å². The Bertz CT molecular complexity index is 1040. The van der Waals surface area contributed by atoms with Gasteiger partial charge in [0.15, 0.2) is 6.61 Å². The summed E-state index contributed by atoms with van der Waals surface area (Å²) < 4.78 is 4.96. The second-order valence-electron chi connectivity index (χ2n) is 7.21. The molecule has 1 aliphatic heterocycles. The molecular weight excluding hydrogens is 408 g/mol. The monoisotopic (exact) mass is 428 g/mol. The van der Waals surface area contributed by atoms with E-state index in [1.54, 1.807) is 24.3 Å². The number of amides is 3. The van der Waals surface area contributed by atoms with Crippen molar-refractivity contribution in [3.63, 3.8) is 0 Å². The quantitative estimate of drug-likeness (QED) is 0.562. The molecule has 0 fully saturated rings. The predicted molar refractivity (Wildman–Crippen MR) is 112 cm³/mol. The molecule has 0 aliphatic carbocycles. The van der Waals surface area contributed by atoms with Crippen LogP contribution in [-0.4, -0.2) is 41.7 Å². The first-order valence-electron chi connectivity index (χ1n) is 9.36. The average molecular weight is 429 g/mol. The Balaban J connectivity index is 1.51. The van der Waals surface area contributed by atoms with Crippen molar-refractivity contribution in [3.8, 4) is 0 Å². The second kappa shape index (κ2) is 8.67. The molecule has 0 radical (unpaired) electrons. The fraction of sp³-hybridized carbons (Fsp3) is 0.273. The summed E-state index contributed by atoms with van der Waals surface area (Å²) in [5.74, 6) is -2.10. The number of nitrogens with zero attached hydrogens (tertiary/aromatic N) is 1. The molecule has 3 rings (SSSR count). The Labute approximate surface area is 179 Å². The van der Waals surface area contributed by atoms with Crippen molar-refractivity contribution in [2.45, 2.75) is 27.2 Å². The van der Waals surface area contributed by atoms with Crippen molar-refractivity contribution >= 4 is 41.0 Å². The molecule has 0 bridgehead atoms. The summed E-state index contributed by atoms with van der Waals surface area (Å²) in [5.41, 5.74) is 3.74. The summed E-state index contributed by atoms with van der Waals surface area (Å²) in [7, 11) is 0. The molecule has 3 amide bonds. The van der Waals surface area contributed by atoms with E-state index in [0.29, 0.717) is 21.8 Å². The zero-order chi connectivity index (χ0) is 22.0. The standard InChI is InChI=1S/C22H21ClN2O5/c1-12-4-5-15-16(9-12)22(29)25(21(15)28)7-6-19(27)30-11-18(26)24-20-14(3)8-13(2)10-17(20)23/h4-5,8-10H,6-7,11H2,1-3H3,(H,24,26). The van der Waals surface area contributed by atoms with Crippen molar-refractivity contribution in [1.29, 1.82) is 0 Å². The second-order valence-corrected chi connectivity index (χ2v) is 7.62. The molecule has 2 aromatic rings. The maximum atomic E-state index is 12.4. The lowest BCUT2D eigenvalue weighted by Crippen LogP contribution is -2.32. The highest BCUT2D eigenvalue weighted by Crippen LogP contribution is 2.27. The van der Waals surface area contributed by atoms with E-state index in [1.807, 2.05) is 26.8 Å².